The number of rotatable bonds is 5. The largest absolute Gasteiger partial charge is 0.479 e. The average Bonchev–Trinajstić information content (AvgIpc) is 2.92. The molecule has 1 heterocycles. The Morgan fingerprint density at radius 3 is 2.65 bits per heavy atom. The van der Waals surface area contributed by atoms with Crippen LogP contribution in [0.4, 0.5) is 0 Å². The molecule has 1 atom stereocenters. The van der Waals surface area contributed by atoms with E-state index in [0.29, 0.717) is 23.7 Å². The molecule has 1 unspecified atom stereocenters. The highest BCUT2D eigenvalue weighted by Gasteiger charge is 2.28. The second kappa shape index (κ2) is 7.74. The number of hydrogen-bond acceptors (Lipinski definition) is 5. The average molecular weight is 417 g/mol. The van der Waals surface area contributed by atoms with Crippen LogP contribution in [-0.4, -0.2) is 24.5 Å². The van der Waals surface area contributed by atoms with Gasteiger partial charge in [0.2, 0.25) is 5.78 Å². The molecule has 0 spiro atoms. The maximum Gasteiger partial charge on any atom is 0.347 e. The van der Waals surface area contributed by atoms with Crippen molar-refractivity contribution in [1.29, 1.82) is 0 Å². The van der Waals surface area contributed by atoms with Crippen molar-refractivity contribution < 1.29 is 23.8 Å². The topological polar surface area (TPSA) is 61.8 Å². The number of esters is 1. The summed E-state index contributed by atoms with van der Waals surface area (Å²) in [7, 11) is 0. The lowest BCUT2D eigenvalue weighted by atomic mass is 10.1. The molecule has 0 radical (unpaired) electrons. The molecule has 6 heteroatoms. The first-order chi connectivity index (χ1) is 12.5. The number of ether oxygens (including phenoxy) is 3. The van der Waals surface area contributed by atoms with Gasteiger partial charge in [-0.05, 0) is 49.8 Å². The predicted molar refractivity (Wildman–Crippen MR) is 100 cm³/mol. The van der Waals surface area contributed by atoms with E-state index in [-0.39, 0.29) is 11.5 Å². The summed E-state index contributed by atoms with van der Waals surface area (Å²) >= 11 is 3.37. The van der Waals surface area contributed by atoms with Crippen molar-refractivity contribution >= 4 is 33.8 Å². The van der Waals surface area contributed by atoms with Crippen LogP contribution >= 0.6 is 15.9 Å². The van der Waals surface area contributed by atoms with Gasteiger partial charge in [-0.25, -0.2) is 4.79 Å². The molecule has 134 valence electrons. The fraction of sp³-hybridized carbons (Fsp3) is 0.200. The molecule has 1 aliphatic rings. The first kappa shape index (κ1) is 18.2. The zero-order valence-corrected chi connectivity index (χ0v) is 15.9. The molecule has 0 aliphatic carbocycles. The van der Waals surface area contributed by atoms with Gasteiger partial charge in [-0.3, -0.25) is 4.79 Å². The predicted octanol–water partition coefficient (Wildman–Crippen LogP) is 4.40. The minimum atomic E-state index is -0.747. The third-order valence-electron chi connectivity index (χ3n) is 3.74. The molecule has 0 saturated carbocycles. The highest BCUT2D eigenvalue weighted by molar-refractivity contribution is 9.10. The quantitative estimate of drug-likeness (QED) is 0.533. The van der Waals surface area contributed by atoms with Crippen molar-refractivity contribution in [2.24, 2.45) is 0 Å². The molecule has 26 heavy (non-hydrogen) atoms. The molecule has 5 nitrogen and oxygen atoms in total. The van der Waals surface area contributed by atoms with E-state index in [9.17, 15) is 9.59 Å². The zero-order valence-electron chi connectivity index (χ0n) is 14.3. The third-order valence-corrected chi connectivity index (χ3v) is 4.27. The van der Waals surface area contributed by atoms with Crippen LogP contribution in [0.1, 0.15) is 29.8 Å². The monoisotopic (exact) mass is 416 g/mol. The SMILES string of the molecule is CCOC(=O)C(C)Oc1ccc2c(c1)O/C(=C\c1ccc(Br)cc1)C2=O. The first-order valence-corrected chi connectivity index (χ1v) is 8.94. The van der Waals surface area contributed by atoms with Crippen LogP contribution in [0.15, 0.2) is 52.7 Å². The number of fused-ring (bicyclic) bond motifs is 1. The van der Waals surface area contributed by atoms with E-state index >= 15 is 0 Å². The third kappa shape index (κ3) is 3.96. The van der Waals surface area contributed by atoms with Gasteiger partial charge in [-0.1, -0.05) is 28.1 Å². The summed E-state index contributed by atoms with van der Waals surface area (Å²) in [5.74, 6) is 0.459. The number of carbonyl (C=O) groups excluding carboxylic acids is 2. The highest BCUT2D eigenvalue weighted by Crippen LogP contribution is 2.35. The molecule has 0 fully saturated rings. The van der Waals surface area contributed by atoms with E-state index in [1.807, 2.05) is 24.3 Å². The van der Waals surface area contributed by atoms with Gasteiger partial charge in [-0.2, -0.15) is 0 Å². The van der Waals surface area contributed by atoms with Gasteiger partial charge < -0.3 is 14.2 Å². The van der Waals surface area contributed by atoms with Crippen LogP contribution < -0.4 is 9.47 Å². The van der Waals surface area contributed by atoms with Crippen molar-refractivity contribution in [3.05, 3.63) is 63.8 Å². The van der Waals surface area contributed by atoms with Crippen LogP contribution in [0.2, 0.25) is 0 Å². The summed E-state index contributed by atoms with van der Waals surface area (Å²) in [4.78, 5) is 24.1. The van der Waals surface area contributed by atoms with Gasteiger partial charge in [-0.15, -0.1) is 0 Å². The highest BCUT2D eigenvalue weighted by atomic mass is 79.9. The van der Waals surface area contributed by atoms with Crippen molar-refractivity contribution in [2.75, 3.05) is 6.61 Å². The van der Waals surface area contributed by atoms with Gasteiger partial charge in [0.15, 0.2) is 11.9 Å². The van der Waals surface area contributed by atoms with Gasteiger partial charge in [0, 0.05) is 10.5 Å². The summed E-state index contributed by atoms with van der Waals surface area (Å²) < 4.78 is 17.1. The summed E-state index contributed by atoms with van der Waals surface area (Å²) in [6.07, 6.45) is 0.944. The number of allylic oxidation sites excluding steroid dienone is 1. The molecule has 0 saturated heterocycles. The van der Waals surface area contributed by atoms with Gasteiger partial charge in [0.1, 0.15) is 11.5 Å². The summed E-state index contributed by atoms with van der Waals surface area (Å²) in [6, 6.07) is 12.4. The smallest absolute Gasteiger partial charge is 0.347 e. The Hall–Kier alpha value is -2.60. The Morgan fingerprint density at radius 1 is 1.23 bits per heavy atom. The second-order valence-corrected chi connectivity index (χ2v) is 6.58. The number of carbonyl (C=O) groups is 2. The van der Waals surface area contributed by atoms with Crippen LogP contribution in [0.3, 0.4) is 0 Å². The number of hydrogen-bond donors (Lipinski definition) is 0. The fourth-order valence-corrected chi connectivity index (χ4v) is 2.73. The number of benzene rings is 2. The maximum absolute atomic E-state index is 12.5. The lowest BCUT2D eigenvalue weighted by molar-refractivity contribution is -0.150. The molecular weight excluding hydrogens is 400 g/mol. The molecule has 3 rings (SSSR count). The normalized spacial score (nSPS) is 15.3. The van der Waals surface area contributed by atoms with Crippen LogP contribution in [0, 0.1) is 0 Å². The minimum Gasteiger partial charge on any atom is -0.479 e. The summed E-state index contributed by atoms with van der Waals surface area (Å²) in [5.41, 5.74) is 1.32. The van der Waals surface area contributed by atoms with Crippen molar-refractivity contribution in [3.8, 4) is 11.5 Å². The van der Waals surface area contributed by atoms with Crippen LogP contribution in [0.5, 0.6) is 11.5 Å². The summed E-state index contributed by atoms with van der Waals surface area (Å²) in [5, 5.41) is 0. The van der Waals surface area contributed by atoms with E-state index < -0.39 is 12.1 Å². The van der Waals surface area contributed by atoms with Gasteiger partial charge >= 0.3 is 5.97 Å². The van der Waals surface area contributed by atoms with E-state index in [4.69, 9.17) is 14.2 Å². The number of ketones is 1. The van der Waals surface area contributed by atoms with Crippen LogP contribution in [-0.2, 0) is 9.53 Å². The van der Waals surface area contributed by atoms with E-state index in [0.717, 1.165) is 10.0 Å². The first-order valence-electron chi connectivity index (χ1n) is 8.15. The standard InChI is InChI=1S/C20H17BrO5/c1-3-24-20(23)12(2)25-15-8-9-16-17(11-15)26-18(19(16)22)10-13-4-6-14(21)7-5-13/h4-12H,3H2,1-2H3/b18-10-. The molecule has 0 amide bonds. The number of halogens is 1. The molecule has 0 N–H and O–H groups in total. The Bertz CT molecular complexity index is 870. The molecule has 2 aromatic rings. The lowest BCUT2D eigenvalue weighted by Crippen LogP contribution is -2.26. The Labute approximate surface area is 159 Å². The molecule has 0 aromatic heterocycles. The minimum absolute atomic E-state index is 0.187. The molecule has 2 aromatic carbocycles. The molecular formula is C20H17BrO5. The Kier molecular flexibility index (Phi) is 5.42. The summed E-state index contributed by atoms with van der Waals surface area (Å²) in [6.45, 7) is 3.63. The zero-order chi connectivity index (χ0) is 18.7. The Balaban J connectivity index is 1.77. The van der Waals surface area contributed by atoms with Crippen molar-refractivity contribution in [1.82, 2.24) is 0 Å². The van der Waals surface area contributed by atoms with Crippen molar-refractivity contribution in [3.63, 3.8) is 0 Å². The van der Waals surface area contributed by atoms with Crippen LogP contribution in [0.25, 0.3) is 6.08 Å². The van der Waals surface area contributed by atoms with E-state index in [1.165, 1.54) is 0 Å². The van der Waals surface area contributed by atoms with E-state index in [1.54, 1.807) is 38.1 Å². The van der Waals surface area contributed by atoms with E-state index in [2.05, 4.69) is 15.9 Å². The lowest BCUT2D eigenvalue weighted by Gasteiger charge is -2.13. The number of Topliss-reactive ketones (excluding diaryl/α,β-unsaturated/α-hetero) is 1. The molecule has 1 aliphatic heterocycles. The Morgan fingerprint density at radius 2 is 1.96 bits per heavy atom. The van der Waals surface area contributed by atoms with Crippen molar-refractivity contribution in [2.45, 2.75) is 20.0 Å². The van der Waals surface area contributed by atoms with Gasteiger partial charge in [0.05, 0.1) is 12.2 Å². The van der Waals surface area contributed by atoms with Gasteiger partial charge in [0.25, 0.3) is 0 Å². The molecule has 0 bridgehead atoms. The fourth-order valence-electron chi connectivity index (χ4n) is 2.46. The maximum atomic E-state index is 12.5. The second-order valence-electron chi connectivity index (χ2n) is 5.66.